The van der Waals surface area contributed by atoms with Gasteiger partial charge in [-0.05, 0) is 41.5 Å². The number of benzene rings is 2. The van der Waals surface area contributed by atoms with Gasteiger partial charge in [0.05, 0.1) is 7.11 Å². The maximum Gasteiger partial charge on any atom is 0.348 e. The van der Waals surface area contributed by atoms with E-state index >= 15 is 0 Å². The Morgan fingerprint density at radius 3 is 2.22 bits per heavy atom. The third-order valence-corrected chi connectivity index (χ3v) is 4.39. The van der Waals surface area contributed by atoms with Crippen molar-refractivity contribution in [3.8, 4) is 23.0 Å². The molecular weight excluding hydrogens is 428 g/mol. The summed E-state index contributed by atoms with van der Waals surface area (Å²) >= 11 is 0. The Bertz CT molecular complexity index is 1060. The number of ether oxygens (including phenoxy) is 2. The van der Waals surface area contributed by atoms with Crippen molar-refractivity contribution in [3.63, 3.8) is 0 Å². The predicted molar refractivity (Wildman–Crippen MR) is 107 cm³/mol. The van der Waals surface area contributed by atoms with Crippen molar-refractivity contribution in [1.29, 1.82) is 0 Å². The fourth-order valence-corrected chi connectivity index (χ4v) is 2.75. The van der Waals surface area contributed by atoms with Gasteiger partial charge in [-0.15, -0.1) is 0 Å². The number of carboxylic acids is 2. The molecule has 2 rings (SSSR count). The molecule has 0 aliphatic rings. The van der Waals surface area contributed by atoms with Crippen LogP contribution < -0.4 is 4.74 Å². The molecular formula is C21H20O11. The van der Waals surface area contributed by atoms with Gasteiger partial charge in [-0.3, -0.25) is 0 Å². The minimum Gasteiger partial charge on any atom is -0.504 e. The lowest BCUT2D eigenvalue weighted by Crippen LogP contribution is -2.56. The molecule has 0 bridgehead atoms. The second-order valence-corrected chi connectivity index (χ2v) is 6.65. The monoisotopic (exact) mass is 448 g/mol. The van der Waals surface area contributed by atoms with Crippen molar-refractivity contribution in [2.24, 2.45) is 0 Å². The molecule has 0 saturated heterocycles. The molecule has 170 valence electrons. The second kappa shape index (κ2) is 9.71. The molecule has 2 atom stereocenters. The summed E-state index contributed by atoms with van der Waals surface area (Å²) in [5, 5.41) is 58.1. The predicted octanol–water partition coefficient (Wildman–Crippen LogP) is 0.880. The van der Waals surface area contributed by atoms with Gasteiger partial charge < -0.3 is 40.1 Å². The van der Waals surface area contributed by atoms with Gasteiger partial charge in [-0.25, -0.2) is 14.4 Å². The fourth-order valence-electron chi connectivity index (χ4n) is 2.75. The number of phenols is 3. The zero-order valence-corrected chi connectivity index (χ0v) is 16.6. The van der Waals surface area contributed by atoms with Gasteiger partial charge in [-0.2, -0.15) is 0 Å². The average Bonchev–Trinajstić information content (AvgIpc) is 2.72. The van der Waals surface area contributed by atoms with Gasteiger partial charge in [0.2, 0.25) is 11.7 Å². The summed E-state index contributed by atoms with van der Waals surface area (Å²) < 4.78 is 9.59. The highest BCUT2D eigenvalue weighted by molar-refractivity contribution is 5.93. The van der Waals surface area contributed by atoms with Crippen LogP contribution in [0.3, 0.4) is 0 Å². The van der Waals surface area contributed by atoms with E-state index in [2.05, 4.69) is 0 Å². The van der Waals surface area contributed by atoms with Crippen LogP contribution in [0.25, 0.3) is 6.08 Å². The number of phenolic OH excluding ortho intramolecular Hbond substituents is 3. The van der Waals surface area contributed by atoms with Crippen LogP contribution in [0, 0.1) is 0 Å². The van der Waals surface area contributed by atoms with Crippen LogP contribution in [-0.2, 0) is 25.5 Å². The third-order valence-electron chi connectivity index (χ3n) is 4.39. The quantitative estimate of drug-likeness (QED) is 0.181. The molecule has 32 heavy (non-hydrogen) atoms. The Morgan fingerprint density at radius 2 is 1.69 bits per heavy atom. The van der Waals surface area contributed by atoms with E-state index in [9.17, 15) is 45.0 Å². The largest absolute Gasteiger partial charge is 0.504 e. The van der Waals surface area contributed by atoms with E-state index in [4.69, 9.17) is 9.47 Å². The normalized spacial score (nSPS) is 13.8. The Morgan fingerprint density at radius 1 is 1.00 bits per heavy atom. The maximum atomic E-state index is 12.1. The molecule has 0 heterocycles. The van der Waals surface area contributed by atoms with E-state index in [1.165, 1.54) is 25.3 Å². The van der Waals surface area contributed by atoms with Gasteiger partial charge >= 0.3 is 17.9 Å². The summed E-state index contributed by atoms with van der Waals surface area (Å²) in [5.74, 6) is -6.36. The van der Waals surface area contributed by atoms with Crippen molar-refractivity contribution in [3.05, 3.63) is 53.6 Å². The Hall–Kier alpha value is -4.25. The molecule has 11 heteroatoms. The molecule has 0 spiro atoms. The van der Waals surface area contributed by atoms with Gasteiger partial charge in [0.25, 0.3) is 0 Å². The number of carbonyl (C=O) groups is 3. The van der Waals surface area contributed by atoms with Gasteiger partial charge in [0.15, 0.2) is 23.0 Å². The van der Waals surface area contributed by atoms with E-state index in [0.29, 0.717) is 5.56 Å². The lowest BCUT2D eigenvalue weighted by Gasteiger charge is -2.29. The molecule has 0 aromatic heterocycles. The number of carboxylic acid groups (broad SMARTS) is 2. The van der Waals surface area contributed by atoms with Crippen LogP contribution in [0.4, 0.5) is 0 Å². The summed E-state index contributed by atoms with van der Waals surface area (Å²) in [6.45, 7) is 0. The lowest BCUT2D eigenvalue weighted by atomic mass is 9.88. The van der Waals surface area contributed by atoms with Crippen LogP contribution in [0.2, 0.25) is 0 Å². The van der Waals surface area contributed by atoms with Crippen LogP contribution in [-0.4, -0.2) is 67.4 Å². The number of aliphatic hydroxyl groups is 1. The van der Waals surface area contributed by atoms with Crippen LogP contribution in [0.1, 0.15) is 11.1 Å². The summed E-state index contributed by atoms with van der Waals surface area (Å²) in [7, 11) is 1.34. The number of aromatic hydroxyl groups is 3. The number of esters is 1. The zero-order chi connectivity index (χ0) is 24.1. The van der Waals surface area contributed by atoms with Gasteiger partial charge in [0.1, 0.15) is 0 Å². The highest BCUT2D eigenvalue weighted by atomic mass is 16.6. The van der Waals surface area contributed by atoms with Crippen molar-refractivity contribution in [2.45, 2.75) is 18.1 Å². The Kier molecular flexibility index (Phi) is 7.29. The smallest absolute Gasteiger partial charge is 0.348 e. The molecule has 11 nitrogen and oxygen atoms in total. The number of hydrogen-bond donors (Lipinski definition) is 6. The number of carbonyl (C=O) groups excluding carboxylic acids is 1. The van der Waals surface area contributed by atoms with E-state index in [1.54, 1.807) is 0 Å². The zero-order valence-electron chi connectivity index (χ0n) is 16.6. The van der Waals surface area contributed by atoms with E-state index in [0.717, 1.165) is 30.4 Å². The molecule has 0 unspecified atom stereocenters. The van der Waals surface area contributed by atoms with Crippen LogP contribution in [0.5, 0.6) is 23.0 Å². The number of hydrogen-bond acceptors (Lipinski definition) is 9. The molecule has 2 aromatic rings. The second-order valence-electron chi connectivity index (χ2n) is 6.65. The number of rotatable bonds is 9. The molecule has 0 aliphatic heterocycles. The molecule has 0 fully saturated rings. The third kappa shape index (κ3) is 5.46. The molecule has 6 N–H and O–H groups in total. The van der Waals surface area contributed by atoms with Crippen molar-refractivity contribution < 1.29 is 54.5 Å². The first-order valence-electron chi connectivity index (χ1n) is 8.93. The first kappa shape index (κ1) is 24.0. The minimum absolute atomic E-state index is 0.0447. The van der Waals surface area contributed by atoms with Gasteiger partial charge in [0, 0.05) is 12.5 Å². The number of aliphatic carboxylic acids is 2. The minimum atomic E-state index is -3.10. The van der Waals surface area contributed by atoms with Crippen molar-refractivity contribution in [2.75, 3.05) is 7.11 Å². The first-order valence-corrected chi connectivity index (χ1v) is 8.93. The fraction of sp³-hybridized carbons (Fsp3) is 0.190. The summed E-state index contributed by atoms with van der Waals surface area (Å²) in [6.07, 6.45) is -1.43. The van der Waals surface area contributed by atoms with E-state index in [-0.39, 0.29) is 17.1 Å². The Balaban J connectivity index is 2.26. The molecule has 0 radical (unpaired) electrons. The summed E-state index contributed by atoms with van der Waals surface area (Å²) in [4.78, 5) is 35.5. The molecule has 0 amide bonds. The van der Waals surface area contributed by atoms with Crippen LogP contribution in [0.15, 0.2) is 42.5 Å². The molecule has 2 aromatic carbocycles. The van der Waals surface area contributed by atoms with E-state index in [1.807, 2.05) is 0 Å². The standard InChI is InChI=1S/C21H20O11/c1-31-16-6-3-11(8-15(16)24)4-7-17(25)32-18(19(26)27)21(30,20(28)29)10-12-2-5-13(22)14(23)9-12/h2-9,18,22-24,30H,10H2,1H3,(H,26,27)(H,28,29)/t18-,21-/m1/s1. The molecule has 0 saturated carbocycles. The summed E-state index contributed by atoms with van der Waals surface area (Å²) in [6, 6.07) is 7.24. The van der Waals surface area contributed by atoms with E-state index < -0.39 is 47.5 Å². The number of methoxy groups -OCH3 is 1. The summed E-state index contributed by atoms with van der Waals surface area (Å²) in [5.41, 5.74) is -2.83. The Labute approximate surface area is 181 Å². The van der Waals surface area contributed by atoms with Crippen LogP contribution >= 0.6 is 0 Å². The highest BCUT2D eigenvalue weighted by Crippen LogP contribution is 2.29. The first-order chi connectivity index (χ1) is 15.0. The van der Waals surface area contributed by atoms with Crippen molar-refractivity contribution >= 4 is 24.0 Å². The average molecular weight is 448 g/mol. The highest BCUT2D eigenvalue weighted by Gasteiger charge is 2.51. The van der Waals surface area contributed by atoms with Crippen molar-refractivity contribution in [1.82, 2.24) is 0 Å². The maximum absolute atomic E-state index is 12.1. The molecule has 0 aliphatic carbocycles. The lowest BCUT2D eigenvalue weighted by molar-refractivity contribution is -0.192. The SMILES string of the molecule is COc1ccc(C=CC(=O)O[C@H](C(=O)O)[C@](O)(Cc2ccc(O)c(O)c2)C(=O)O)cc1O. The van der Waals surface area contributed by atoms with Gasteiger partial charge in [-0.1, -0.05) is 12.1 Å². The topological polar surface area (TPSA) is 191 Å².